The van der Waals surface area contributed by atoms with Crippen LogP contribution in [0.5, 0.6) is 0 Å². The molecule has 1 aromatic rings. The van der Waals surface area contributed by atoms with Gasteiger partial charge in [-0.15, -0.1) is 0 Å². The molecule has 2 rings (SSSR count). The Balaban J connectivity index is 2.18. The molecule has 1 aliphatic heterocycles. The predicted molar refractivity (Wildman–Crippen MR) is 73.7 cm³/mol. The van der Waals surface area contributed by atoms with Crippen molar-refractivity contribution in [2.24, 2.45) is 18.0 Å². The van der Waals surface area contributed by atoms with Crippen LogP contribution in [-0.4, -0.2) is 28.2 Å². The van der Waals surface area contributed by atoms with E-state index in [9.17, 15) is 4.79 Å². The minimum absolute atomic E-state index is 0.0646. The summed E-state index contributed by atoms with van der Waals surface area (Å²) in [5.74, 6) is 0.967. The zero-order chi connectivity index (χ0) is 14.0. The molecule has 1 aromatic heterocycles. The Morgan fingerprint density at radius 2 is 2.26 bits per heavy atom. The van der Waals surface area contributed by atoms with E-state index < -0.39 is 0 Å². The van der Waals surface area contributed by atoms with Crippen molar-refractivity contribution in [3.63, 3.8) is 0 Å². The predicted octanol–water partition coefficient (Wildman–Crippen LogP) is 0.755. The average molecular weight is 263 g/mol. The van der Waals surface area contributed by atoms with Crippen LogP contribution in [0.2, 0.25) is 0 Å². The molecule has 2 heterocycles. The van der Waals surface area contributed by atoms with E-state index in [1.165, 1.54) is 0 Å². The second-order valence-corrected chi connectivity index (χ2v) is 5.21. The summed E-state index contributed by atoms with van der Waals surface area (Å²) in [6.07, 6.45) is 2.70. The molecule has 0 aliphatic carbocycles. The Bertz CT molecular complexity index is 503. The maximum absolute atomic E-state index is 12.0. The Labute approximate surface area is 113 Å². The molecular weight excluding hydrogens is 242 g/mol. The third-order valence-corrected chi connectivity index (χ3v) is 2.98. The molecule has 1 saturated heterocycles. The minimum Gasteiger partial charge on any atom is -0.340 e. The summed E-state index contributed by atoms with van der Waals surface area (Å²) < 4.78 is 1.74. The van der Waals surface area contributed by atoms with Crippen molar-refractivity contribution in [1.82, 2.24) is 20.4 Å². The van der Waals surface area contributed by atoms with E-state index in [1.807, 2.05) is 20.2 Å². The zero-order valence-corrected chi connectivity index (χ0v) is 11.9. The van der Waals surface area contributed by atoms with E-state index in [0.29, 0.717) is 18.4 Å². The summed E-state index contributed by atoms with van der Waals surface area (Å²) in [6, 6.07) is -0.380. The van der Waals surface area contributed by atoms with E-state index in [4.69, 9.17) is 0 Å². The van der Waals surface area contributed by atoms with Gasteiger partial charge in [0.15, 0.2) is 5.96 Å². The molecular formula is C13H21N5O. The largest absolute Gasteiger partial charge is 0.340 e. The summed E-state index contributed by atoms with van der Waals surface area (Å²) in [5, 5.41) is 10.3. The summed E-state index contributed by atoms with van der Waals surface area (Å²) in [6.45, 7) is 6.92. The molecule has 0 aromatic carbocycles. The first-order valence-corrected chi connectivity index (χ1v) is 6.65. The van der Waals surface area contributed by atoms with Gasteiger partial charge in [0, 0.05) is 25.4 Å². The number of amides is 1. The van der Waals surface area contributed by atoms with Crippen LogP contribution >= 0.6 is 0 Å². The number of nitrogens with zero attached hydrogens (tertiary/aromatic N) is 3. The molecule has 2 N–H and O–H groups in total. The van der Waals surface area contributed by atoms with E-state index >= 15 is 0 Å². The van der Waals surface area contributed by atoms with E-state index in [0.717, 1.165) is 17.7 Å². The normalized spacial score (nSPS) is 21.0. The second-order valence-electron chi connectivity index (χ2n) is 5.21. The number of carbonyl (C=O) groups excluding carboxylic acids is 1. The van der Waals surface area contributed by atoms with Crippen LogP contribution in [0.1, 0.15) is 38.1 Å². The number of aryl methyl sites for hydroxylation is 2. The SMILES string of the molecule is CCc1nn(C)cc1C1NC(=NCC(C)C)NC1=O. The lowest BCUT2D eigenvalue weighted by Crippen LogP contribution is -2.26. The van der Waals surface area contributed by atoms with Gasteiger partial charge in [-0.3, -0.25) is 19.8 Å². The van der Waals surface area contributed by atoms with Gasteiger partial charge in [0.05, 0.1) is 5.69 Å². The standard InChI is InChI=1S/C13H21N5O/c1-5-10-9(7-18(4)17-10)11-12(19)16-13(15-11)14-6-8(2)3/h7-8,11H,5-6H2,1-4H3,(H2,14,15,16,19). The van der Waals surface area contributed by atoms with Gasteiger partial charge in [-0.1, -0.05) is 20.8 Å². The Morgan fingerprint density at radius 3 is 2.89 bits per heavy atom. The quantitative estimate of drug-likeness (QED) is 0.842. The Hall–Kier alpha value is -1.85. The number of aliphatic imine (C=N–C) groups is 1. The molecule has 1 atom stereocenters. The van der Waals surface area contributed by atoms with Gasteiger partial charge in [0.25, 0.3) is 5.91 Å². The average Bonchev–Trinajstić information content (AvgIpc) is 2.89. The lowest BCUT2D eigenvalue weighted by Gasteiger charge is -2.07. The van der Waals surface area contributed by atoms with E-state index in [-0.39, 0.29) is 11.9 Å². The summed E-state index contributed by atoms with van der Waals surface area (Å²) in [4.78, 5) is 16.4. The number of nitrogens with one attached hydrogen (secondary N) is 2. The van der Waals surface area contributed by atoms with E-state index in [1.54, 1.807) is 4.68 Å². The van der Waals surface area contributed by atoms with Crippen molar-refractivity contribution in [3.8, 4) is 0 Å². The number of rotatable bonds is 4. The van der Waals surface area contributed by atoms with Crippen LogP contribution in [-0.2, 0) is 18.3 Å². The highest BCUT2D eigenvalue weighted by molar-refractivity contribution is 6.06. The number of aromatic nitrogens is 2. The summed E-state index contributed by atoms with van der Waals surface area (Å²) in [7, 11) is 1.86. The molecule has 1 aliphatic rings. The van der Waals surface area contributed by atoms with Crippen molar-refractivity contribution in [2.45, 2.75) is 33.2 Å². The fraction of sp³-hybridized carbons (Fsp3) is 0.615. The first-order chi connectivity index (χ1) is 9.01. The molecule has 1 unspecified atom stereocenters. The Kier molecular flexibility index (Phi) is 3.87. The molecule has 6 nitrogen and oxygen atoms in total. The monoisotopic (exact) mass is 263 g/mol. The number of hydrogen-bond donors (Lipinski definition) is 2. The van der Waals surface area contributed by atoms with Gasteiger partial charge < -0.3 is 5.32 Å². The first-order valence-electron chi connectivity index (χ1n) is 6.65. The van der Waals surface area contributed by atoms with Crippen molar-refractivity contribution < 1.29 is 4.79 Å². The second kappa shape index (κ2) is 5.42. The van der Waals surface area contributed by atoms with E-state index in [2.05, 4.69) is 34.6 Å². The molecule has 6 heteroatoms. The summed E-state index contributed by atoms with van der Waals surface area (Å²) in [5.41, 5.74) is 1.87. The van der Waals surface area contributed by atoms with Crippen LogP contribution in [0.15, 0.2) is 11.2 Å². The molecule has 1 fully saturated rings. The fourth-order valence-electron chi connectivity index (χ4n) is 2.07. The van der Waals surface area contributed by atoms with Gasteiger partial charge >= 0.3 is 0 Å². The van der Waals surface area contributed by atoms with Crippen LogP contribution in [0.3, 0.4) is 0 Å². The third kappa shape index (κ3) is 2.94. The third-order valence-electron chi connectivity index (χ3n) is 2.98. The molecule has 0 saturated carbocycles. The van der Waals surface area contributed by atoms with Crippen LogP contribution in [0.25, 0.3) is 0 Å². The maximum atomic E-state index is 12.0. The van der Waals surface area contributed by atoms with Crippen LogP contribution in [0.4, 0.5) is 0 Å². The lowest BCUT2D eigenvalue weighted by atomic mass is 10.1. The maximum Gasteiger partial charge on any atom is 0.254 e. The fourth-order valence-corrected chi connectivity index (χ4v) is 2.07. The Morgan fingerprint density at radius 1 is 1.53 bits per heavy atom. The van der Waals surface area contributed by atoms with Crippen molar-refractivity contribution in [1.29, 1.82) is 0 Å². The van der Waals surface area contributed by atoms with Crippen molar-refractivity contribution >= 4 is 11.9 Å². The van der Waals surface area contributed by atoms with Gasteiger partial charge in [-0.05, 0) is 12.3 Å². The van der Waals surface area contributed by atoms with Gasteiger partial charge in [-0.25, -0.2) is 0 Å². The summed E-state index contributed by atoms with van der Waals surface area (Å²) >= 11 is 0. The lowest BCUT2D eigenvalue weighted by molar-refractivity contribution is -0.120. The molecule has 1 amide bonds. The smallest absolute Gasteiger partial charge is 0.254 e. The molecule has 19 heavy (non-hydrogen) atoms. The van der Waals surface area contributed by atoms with Crippen molar-refractivity contribution in [3.05, 3.63) is 17.5 Å². The van der Waals surface area contributed by atoms with Crippen molar-refractivity contribution in [2.75, 3.05) is 6.54 Å². The molecule has 0 radical (unpaired) electrons. The van der Waals surface area contributed by atoms with Gasteiger partial charge in [-0.2, -0.15) is 5.10 Å². The number of guanidine groups is 1. The molecule has 0 spiro atoms. The molecule has 0 bridgehead atoms. The topological polar surface area (TPSA) is 71.3 Å². The minimum atomic E-state index is -0.380. The number of carbonyl (C=O) groups is 1. The highest BCUT2D eigenvalue weighted by atomic mass is 16.2. The molecule has 104 valence electrons. The van der Waals surface area contributed by atoms with Gasteiger partial charge in [0.2, 0.25) is 0 Å². The van der Waals surface area contributed by atoms with Gasteiger partial charge in [0.1, 0.15) is 6.04 Å². The van der Waals surface area contributed by atoms with Crippen LogP contribution < -0.4 is 10.6 Å². The number of hydrogen-bond acceptors (Lipinski definition) is 3. The highest BCUT2D eigenvalue weighted by Gasteiger charge is 2.32. The highest BCUT2D eigenvalue weighted by Crippen LogP contribution is 2.20. The first kappa shape index (κ1) is 13.6. The zero-order valence-electron chi connectivity index (χ0n) is 11.9. The van der Waals surface area contributed by atoms with Crippen LogP contribution in [0, 0.1) is 5.92 Å².